The van der Waals surface area contributed by atoms with Crippen molar-refractivity contribution >= 4 is 11.0 Å². The van der Waals surface area contributed by atoms with Crippen LogP contribution in [0.15, 0.2) is 18.2 Å². The summed E-state index contributed by atoms with van der Waals surface area (Å²) in [5, 5.41) is 0. The molecule has 3 rings (SSSR count). The topological polar surface area (TPSA) is 47.1 Å². The Hall–Kier alpha value is -1.39. The molecule has 1 aromatic carbocycles. The average Bonchev–Trinajstić information content (AvgIpc) is 2.76. The first-order chi connectivity index (χ1) is 7.84. The minimum absolute atomic E-state index is 0.0550. The van der Waals surface area contributed by atoms with Crippen molar-refractivity contribution in [2.45, 2.75) is 13.0 Å². The number of benzene rings is 1. The number of para-hydroxylation sites is 1. The number of nitrogens with one attached hydrogen (secondary N) is 1. The summed E-state index contributed by atoms with van der Waals surface area (Å²) in [7, 11) is 0. The van der Waals surface area contributed by atoms with Gasteiger partial charge in [0.25, 0.3) is 0 Å². The van der Waals surface area contributed by atoms with Crippen LogP contribution >= 0.6 is 0 Å². The van der Waals surface area contributed by atoms with E-state index in [2.05, 4.69) is 23.0 Å². The quantitative estimate of drug-likeness (QED) is 0.796. The molecule has 0 aliphatic carbocycles. The second-order valence-electron chi connectivity index (χ2n) is 4.03. The molecule has 84 valence electrons. The maximum absolute atomic E-state index is 5.61. The van der Waals surface area contributed by atoms with Crippen LogP contribution in [0.2, 0.25) is 0 Å². The molecule has 16 heavy (non-hydrogen) atoms. The summed E-state index contributed by atoms with van der Waals surface area (Å²) >= 11 is 0. The lowest BCUT2D eigenvalue weighted by molar-refractivity contribution is -0.0931. The summed E-state index contributed by atoms with van der Waals surface area (Å²) in [6.07, 6.45) is -0.0550. The van der Waals surface area contributed by atoms with E-state index >= 15 is 0 Å². The monoisotopic (exact) mass is 218 g/mol. The fraction of sp³-hybridized carbons (Fsp3) is 0.417. The molecule has 1 fully saturated rings. The van der Waals surface area contributed by atoms with Crippen molar-refractivity contribution in [1.29, 1.82) is 0 Å². The van der Waals surface area contributed by atoms with Gasteiger partial charge in [0.1, 0.15) is 11.9 Å². The van der Waals surface area contributed by atoms with E-state index in [-0.39, 0.29) is 6.10 Å². The highest BCUT2D eigenvalue weighted by molar-refractivity contribution is 5.78. The molecule has 4 heteroatoms. The Bertz CT molecular complexity index is 501. The summed E-state index contributed by atoms with van der Waals surface area (Å²) in [5.74, 6) is 0.865. The molecule has 0 spiro atoms. The van der Waals surface area contributed by atoms with E-state index < -0.39 is 0 Å². The van der Waals surface area contributed by atoms with Crippen LogP contribution in [0.3, 0.4) is 0 Å². The Balaban J connectivity index is 2.01. The third-order valence-corrected chi connectivity index (χ3v) is 2.85. The molecular formula is C12H14N2O2. The van der Waals surface area contributed by atoms with Crippen molar-refractivity contribution in [2.75, 3.05) is 19.8 Å². The van der Waals surface area contributed by atoms with Crippen molar-refractivity contribution in [2.24, 2.45) is 0 Å². The Morgan fingerprint density at radius 3 is 3.06 bits per heavy atom. The predicted molar refractivity (Wildman–Crippen MR) is 60.3 cm³/mol. The fourth-order valence-corrected chi connectivity index (χ4v) is 1.99. The molecule has 1 atom stereocenters. The molecule has 1 aromatic heterocycles. The molecule has 0 saturated carbocycles. The number of hydrogen-bond donors (Lipinski definition) is 1. The molecular weight excluding hydrogens is 204 g/mol. The number of H-pyrrole nitrogens is 1. The second-order valence-corrected chi connectivity index (χ2v) is 4.03. The number of aromatic nitrogens is 2. The standard InChI is InChI=1S/C12H14N2O2/c1-8-3-2-4-9-11(8)14-12(13-9)10-7-15-5-6-16-10/h2-4,10H,5-7H2,1H3,(H,13,14). The van der Waals surface area contributed by atoms with Crippen LogP contribution in [-0.4, -0.2) is 29.8 Å². The summed E-state index contributed by atoms with van der Waals surface area (Å²) in [4.78, 5) is 7.87. The zero-order valence-electron chi connectivity index (χ0n) is 9.19. The van der Waals surface area contributed by atoms with Crippen LogP contribution in [0.25, 0.3) is 11.0 Å². The lowest BCUT2D eigenvalue weighted by Gasteiger charge is -2.20. The molecule has 0 amide bonds. The van der Waals surface area contributed by atoms with Crippen LogP contribution in [0, 0.1) is 6.92 Å². The molecule has 2 aromatic rings. The van der Waals surface area contributed by atoms with Gasteiger partial charge < -0.3 is 14.5 Å². The molecule has 0 radical (unpaired) electrons. The lowest BCUT2D eigenvalue weighted by Crippen LogP contribution is -2.22. The van der Waals surface area contributed by atoms with Crippen LogP contribution in [0.5, 0.6) is 0 Å². The van der Waals surface area contributed by atoms with E-state index in [0.717, 1.165) is 16.9 Å². The highest BCUT2D eigenvalue weighted by atomic mass is 16.6. The number of fused-ring (bicyclic) bond motifs is 1. The molecule has 1 unspecified atom stereocenters. The molecule has 1 aliphatic rings. The number of hydrogen-bond acceptors (Lipinski definition) is 3. The van der Waals surface area contributed by atoms with Crippen LogP contribution < -0.4 is 0 Å². The maximum Gasteiger partial charge on any atom is 0.138 e. The third-order valence-electron chi connectivity index (χ3n) is 2.85. The van der Waals surface area contributed by atoms with Gasteiger partial charge >= 0.3 is 0 Å². The van der Waals surface area contributed by atoms with Crippen molar-refractivity contribution < 1.29 is 9.47 Å². The minimum Gasteiger partial charge on any atom is -0.376 e. The molecule has 2 heterocycles. The first kappa shape index (κ1) is 9.81. The first-order valence-corrected chi connectivity index (χ1v) is 5.49. The van der Waals surface area contributed by atoms with Gasteiger partial charge in [-0.05, 0) is 18.6 Å². The summed E-state index contributed by atoms with van der Waals surface area (Å²) in [6.45, 7) is 3.96. The van der Waals surface area contributed by atoms with E-state index in [4.69, 9.17) is 9.47 Å². The Morgan fingerprint density at radius 1 is 1.38 bits per heavy atom. The van der Waals surface area contributed by atoms with Gasteiger partial charge in [-0.3, -0.25) is 0 Å². The summed E-state index contributed by atoms with van der Waals surface area (Å²) in [6, 6.07) is 6.12. The molecule has 4 nitrogen and oxygen atoms in total. The van der Waals surface area contributed by atoms with Gasteiger partial charge in [-0.15, -0.1) is 0 Å². The highest BCUT2D eigenvalue weighted by Crippen LogP contribution is 2.22. The van der Waals surface area contributed by atoms with Gasteiger partial charge in [-0.2, -0.15) is 0 Å². The highest BCUT2D eigenvalue weighted by Gasteiger charge is 2.20. The Morgan fingerprint density at radius 2 is 2.31 bits per heavy atom. The zero-order valence-corrected chi connectivity index (χ0v) is 9.19. The second kappa shape index (κ2) is 3.88. The van der Waals surface area contributed by atoms with E-state index in [9.17, 15) is 0 Å². The number of aryl methyl sites for hydroxylation is 1. The Kier molecular flexibility index (Phi) is 2.38. The third kappa shape index (κ3) is 1.60. The zero-order chi connectivity index (χ0) is 11.0. The van der Waals surface area contributed by atoms with Crippen molar-refractivity contribution in [1.82, 2.24) is 9.97 Å². The van der Waals surface area contributed by atoms with Crippen LogP contribution in [0.4, 0.5) is 0 Å². The van der Waals surface area contributed by atoms with Crippen LogP contribution in [0.1, 0.15) is 17.5 Å². The van der Waals surface area contributed by atoms with E-state index in [1.54, 1.807) is 0 Å². The minimum atomic E-state index is -0.0550. The van der Waals surface area contributed by atoms with E-state index in [1.165, 1.54) is 5.56 Å². The van der Waals surface area contributed by atoms with E-state index in [0.29, 0.717) is 19.8 Å². The lowest BCUT2D eigenvalue weighted by atomic mass is 10.2. The summed E-state index contributed by atoms with van der Waals surface area (Å²) < 4.78 is 11.0. The fourth-order valence-electron chi connectivity index (χ4n) is 1.99. The number of imidazole rings is 1. The maximum atomic E-state index is 5.61. The summed E-state index contributed by atoms with van der Waals surface area (Å²) in [5.41, 5.74) is 3.26. The smallest absolute Gasteiger partial charge is 0.138 e. The SMILES string of the molecule is Cc1cccc2[nH]c(C3COCCO3)nc12. The first-order valence-electron chi connectivity index (χ1n) is 5.49. The number of nitrogens with zero attached hydrogens (tertiary/aromatic N) is 1. The van der Waals surface area contributed by atoms with E-state index in [1.807, 2.05) is 12.1 Å². The normalized spacial score (nSPS) is 21.4. The predicted octanol–water partition coefficient (Wildman–Crippen LogP) is 1.96. The largest absolute Gasteiger partial charge is 0.376 e. The van der Waals surface area contributed by atoms with Gasteiger partial charge in [-0.25, -0.2) is 4.98 Å². The molecule has 0 bridgehead atoms. The number of rotatable bonds is 1. The average molecular weight is 218 g/mol. The molecule has 1 N–H and O–H groups in total. The Labute approximate surface area is 93.6 Å². The van der Waals surface area contributed by atoms with Gasteiger partial charge in [-0.1, -0.05) is 12.1 Å². The van der Waals surface area contributed by atoms with Crippen molar-refractivity contribution in [3.8, 4) is 0 Å². The van der Waals surface area contributed by atoms with Crippen molar-refractivity contribution in [3.05, 3.63) is 29.6 Å². The van der Waals surface area contributed by atoms with Crippen LogP contribution in [-0.2, 0) is 9.47 Å². The van der Waals surface area contributed by atoms with Gasteiger partial charge in [0, 0.05) is 0 Å². The molecule has 1 aliphatic heterocycles. The van der Waals surface area contributed by atoms with Gasteiger partial charge in [0.05, 0.1) is 30.9 Å². The van der Waals surface area contributed by atoms with Crippen molar-refractivity contribution in [3.63, 3.8) is 0 Å². The number of ether oxygens (including phenoxy) is 2. The number of aromatic amines is 1. The van der Waals surface area contributed by atoms with Gasteiger partial charge in [0.15, 0.2) is 0 Å². The van der Waals surface area contributed by atoms with Gasteiger partial charge in [0.2, 0.25) is 0 Å². The molecule has 1 saturated heterocycles.